The molecule has 0 atom stereocenters. The van der Waals surface area contributed by atoms with Crippen LogP contribution < -0.4 is 5.32 Å². The minimum atomic E-state index is -1.05. The summed E-state index contributed by atoms with van der Waals surface area (Å²) in [7, 11) is 0. The summed E-state index contributed by atoms with van der Waals surface area (Å²) in [6.45, 7) is 0. The number of nitrogens with one attached hydrogen (secondary N) is 1. The molecular weight excluding hydrogens is 274 g/mol. The third-order valence-corrected chi connectivity index (χ3v) is 4.62. The number of carbonyl (C=O) groups is 2. The highest BCUT2D eigenvalue weighted by Gasteiger charge is 2.40. The van der Waals surface area contributed by atoms with Gasteiger partial charge >= 0.3 is 5.97 Å². The van der Waals surface area contributed by atoms with Gasteiger partial charge in [-0.05, 0) is 25.0 Å². The average Bonchev–Trinajstić information content (AvgIpc) is 2.47. The van der Waals surface area contributed by atoms with Gasteiger partial charge in [0.05, 0.1) is 5.75 Å². The van der Waals surface area contributed by atoms with Gasteiger partial charge in [-0.15, -0.1) is 11.8 Å². The van der Waals surface area contributed by atoms with E-state index in [1.54, 1.807) is 0 Å². The average molecular weight is 293 g/mol. The lowest BCUT2D eigenvalue weighted by Gasteiger charge is -2.33. The van der Waals surface area contributed by atoms with Crippen molar-refractivity contribution in [2.45, 2.75) is 42.5 Å². The third-order valence-electron chi connectivity index (χ3n) is 3.61. The van der Waals surface area contributed by atoms with Crippen molar-refractivity contribution in [3.63, 3.8) is 0 Å². The Labute approximate surface area is 123 Å². The molecule has 0 radical (unpaired) electrons. The predicted molar refractivity (Wildman–Crippen MR) is 78.8 cm³/mol. The number of carboxylic acid groups (broad SMARTS) is 1. The van der Waals surface area contributed by atoms with Crippen molar-refractivity contribution >= 4 is 23.6 Å². The van der Waals surface area contributed by atoms with E-state index in [9.17, 15) is 14.7 Å². The van der Waals surface area contributed by atoms with Crippen LogP contribution in [0.1, 0.15) is 32.1 Å². The van der Waals surface area contributed by atoms with Crippen molar-refractivity contribution in [3.8, 4) is 0 Å². The topological polar surface area (TPSA) is 66.4 Å². The first kappa shape index (κ1) is 14.9. The molecule has 1 fully saturated rings. The number of rotatable bonds is 5. The number of carboxylic acids is 1. The highest BCUT2D eigenvalue weighted by molar-refractivity contribution is 8.00. The van der Waals surface area contributed by atoms with Gasteiger partial charge in [-0.25, -0.2) is 4.79 Å². The molecule has 4 nitrogen and oxygen atoms in total. The van der Waals surface area contributed by atoms with Gasteiger partial charge in [-0.1, -0.05) is 37.5 Å². The predicted octanol–water partition coefficient (Wildman–Crippen LogP) is 2.68. The normalized spacial score (nSPS) is 17.4. The Morgan fingerprint density at radius 2 is 1.80 bits per heavy atom. The van der Waals surface area contributed by atoms with Gasteiger partial charge in [0, 0.05) is 4.90 Å². The zero-order valence-corrected chi connectivity index (χ0v) is 12.1. The van der Waals surface area contributed by atoms with Gasteiger partial charge in [-0.3, -0.25) is 4.79 Å². The fourth-order valence-electron chi connectivity index (χ4n) is 2.52. The first-order valence-electron chi connectivity index (χ1n) is 6.85. The molecular formula is C15H19NO3S. The monoisotopic (exact) mass is 293 g/mol. The van der Waals surface area contributed by atoms with Crippen molar-refractivity contribution in [2.24, 2.45) is 0 Å². The smallest absolute Gasteiger partial charge is 0.329 e. The van der Waals surface area contributed by atoms with Gasteiger partial charge in [-0.2, -0.15) is 0 Å². The second-order valence-corrected chi connectivity index (χ2v) is 6.15. The van der Waals surface area contributed by atoms with Gasteiger partial charge in [0.25, 0.3) is 0 Å². The summed E-state index contributed by atoms with van der Waals surface area (Å²) in [6, 6.07) is 9.63. The van der Waals surface area contributed by atoms with E-state index in [2.05, 4.69) is 5.32 Å². The summed E-state index contributed by atoms with van der Waals surface area (Å²) in [4.78, 5) is 24.5. The zero-order chi connectivity index (χ0) is 14.4. The third kappa shape index (κ3) is 3.76. The quantitative estimate of drug-likeness (QED) is 0.819. The Kier molecular flexibility index (Phi) is 5.06. The van der Waals surface area contributed by atoms with Crippen LogP contribution in [-0.4, -0.2) is 28.3 Å². The molecule has 0 unspecified atom stereocenters. The lowest BCUT2D eigenvalue weighted by molar-refractivity contribution is -0.148. The number of amides is 1. The minimum absolute atomic E-state index is 0.205. The van der Waals surface area contributed by atoms with Crippen molar-refractivity contribution in [1.29, 1.82) is 0 Å². The van der Waals surface area contributed by atoms with Crippen molar-refractivity contribution < 1.29 is 14.7 Å². The summed E-state index contributed by atoms with van der Waals surface area (Å²) >= 11 is 1.42. The van der Waals surface area contributed by atoms with Gasteiger partial charge in [0.1, 0.15) is 5.54 Å². The zero-order valence-electron chi connectivity index (χ0n) is 11.3. The molecule has 1 aromatic rings. The van der Waals surface area contributed by atoms with E-state index in [0.29, 0.717) is 12.8 Å². The molecule has 1 amide bonds. The van der Waals surface area contributed by atoms with E-state index in [4.69, 9.17) is 0 Å². The molecule has 1 saturated carbocycles. The molecule has 2 N–H and O–H groups in total. The summed E-state index contributed by atoms with van der Waals surface area (Å²) < 4.78 is 0. The number of aliphatic carboxylic acids is 1. The Morgan fingerprint density at radius 1 is 1.15 bits per heavy atom. The highest BCUT2D eigenvalue weighted by atomic mass is 32.2. The van der Waals surface area contributed by atoms with Crippen LogP contribution in [0.5, 0.6) is 0 Å². The lowest BCUT2D eigenvalue weighted by atomic mass is 9.81. The summed E-state index contributed by atoms with van der Waals surface area (Å²) in [5, 5.41) is 12.1. The van der Waals surface area contributed by atoms with Crippen LogP contribution in [0.4, 0.5) is 0 Å². The maximum atomic E-state index is 12.0. The van der Waals surface area contributed by atoms with E-state index >= 15 is 0 Å². The molecule has 0 aliphatic heterocycles. The van der Waals surface area contributed by atoms with Gasteiger partial charge in [0.2, 0.25) is 5.91 Å². The van der Waals surface area contributed by atoms with Gasteiger partial charge in [0.15, 0.2) is 0 Å². The van der Waals surface area contributed by atoms with Crippen LogP contribution in [0.15, 0.2) is 35.2 Å². The molecule has 0 heterocycles. The second kappa shape index (κ2) is 6.79. The molecule has 0 aromatic heterocycles. The summed E-state index contributed by atoms with van der Waals surface area (Å²) in [5.74, 6) is -0.864. The van der Waals surface area contributed by atoms with E-state index in [0.717, 1.165) is 24.2 Å². The van der Waals surface area contributed by atoms with Crippen LogP contribution in [0.2, 0.25) is 0 Å². The van der Waals surface area contributed by atoms with Crippen molar-refractivity contribution in [2.75, 3.05) is 5.75 Å². The van der Waals surface area contributed by atoms with Crippen LogP contribution in [0.25, 0.3) is 0 Å². The fourth-order valence-corrected chi connectivity index (χ4v) is 3.24. The van der Waals surface area contributed by atoms with Crippen LogP contribution in [0, 0.1) is 0 Å². The molecule has 108 valence electrons. The van der Waals surface area contributed by atoms with E-state index in [1.807, 2.05) is 30.3 Å². The molecule has 1 aliphatic carbocycles. The Bertz CT molecular complexity index is 469. The highest BCUT2D eigenvalue weighted by Crippen LogP contribution is 2.28. The molecule has 0 saturated heterocycles. The first-order chi connectivity index (χ1) is 9.62. The minimum Gasteiger partial charge on any atom is -0.480 e. The number of hydrogen-bond donors (Lipinski definition) is 2. The van der Waals surface area contributed by atoms with Crippen LogP contribution in [0.3, 0.4) is 0 Å². The molecule has 0 spiro atoms. The van der Waals surface area contributed by atoms with Crippen LogP contribution >= 0.6 is 11.8 Å². The number of benzene rings is 1. The molecule has 20 heavy (non-hydrogen) atoms. The molecule has 2 rings (SSSR count). The molecule has 1 aliphatic rings. The lowest BCUT2D eigenvalue weighted by Crippen LogP contribution is -2.56. The number of carbonyl (C=O) groups excluding carboxylic acids is 1. The Morgan fingerprint density at radius 3 is 2.40 bits per heavy atom. The number of hydrogen-bond acceptors (Lipinski definition) is 3. The molecule has 1 aromatic carbocycles. The Hall–Kier alpha value is -1.49. The molecule has 0 bridgehead atoms. The van der Waals surface area contributed by atoms with Crippen molar-refractivity contribution in [3.05, 3.63) is 30.3 Å². The van der Waals surface area contributed by atoms with Gasteiger partial charge < -0.3 is 10.4 Å². The van der Waals surface area contributed by atoms with Crippen molar-refractivity contribution in [1.82, 2.24) is 5.32 Å². The van der Waals surface area contributed by atoms with E-state index < -0.39 is 11.5 Å². The first-order valence-corrected chi connectivity index (χ1v) is 7.83. The maximum Gasteiger partial charge on any atom is 0.329 e. The summed E-state index contributed by atoms with van der Waals surface area (Å²) in [6.07, 6.45) is 3.83. The second-order valence-electron chi connectivity index (χ2n) is 5.10. The largest absolute Gasteiger partial charge is 0.480 e. The van der Waals surface area contributed by atoms with E-state index in [-0.39, 0.29) is 11.7 Å². The fraction of sp³-hybridized carbons (Fsp3) is 0.467. The SMILES string of the molecule is O=C(CSc1ccccc1)NC1(C(=O)O)CCCCC1. The standard InChI is InChI=1S/C15H19NO3S/c17-13(11-20-12-7-3-1-4-8-12)16-15(14(18)19)9-5-2-6-10-15/h1,3-4,7-8H,2,5-6,9-11H2,(H,16,17)(H,18,19). The number of thioether (sulfide) groups is 1. The van der Waals surface area contributed by atoms with Crippen LogP contribution in [-0.2, 0) is 9.59 Å². The Balaban J connectivity index is 1.90. The molecule has 5 heteroatoms. The van der Waals surface area contributed by atoms with E-state index in [1.165, 1.54) is 11.8 Å². The maximum absolute atomic E-state index is 12.0. The summed E-state index contributed by atoms with van der Waals surface area (Å²) in [5.41, 5.74) is -1.05.